The summed E-state index contributed by atoms with van der Waals surface area (Å²) in [6.07, 6.45) is 4.48. The Morgan fingerprint density at radius 3 is 2.89 bits per heavy atom. The summed E-state index contributed by atoms with van der Waals surface area (Å²) in [5, 5.41) is 18.9. The number of aromatic hydroxyl groups is 1. The predicted molar refractivity (Wildman–Crippen MR) is 106 cm³/mol. The van der Waals surface area contributed by atoms with E-state index in [0.29, 0.717) is 22.4 Å². The fourth-order valence-electron chi connectivity index (χ4n) is 2.95. The van der Waals surface area contributed by atoms with Gasteiger partial charge in [-0.15, -0.1) is 16.7 Å². The van der Waals surface area contributed by atoms with Gasteiger partial charge in [-0.05, 0) is 30.3 Å². The maximum Gasteiger partial charge on any atom is 0.308 e. The first kappa shape index (κ1) is 18.1. The molecule has 7 nitrogen and oxygen atoms in total. The molecule has 1 aliphatic heterocycles. The number of aromatic nitrogens is 1. The van der Waals surface area contributed by atoms with Crippen LogP contribution in [0.1, 0.15) is 0 Å². The van der Waals surface area contributed by atoms with Crippen LogP contribution in [0.25, 0.3) is 10.9 Å². The summed E-state index contributed by atoms with van der Waals surface area (Å²) in [7, 11) is 0. The van der Waals surface area contributed by atoms with Gasteiger partial charge in [0.25, 0.3) is 0 Å². The van der Waals surface area contributed by atoms with Crippen molar-refractivity contribution in [2.75, 3.05) is 6.61 Å². The summed E-state index contributed by atoms with van der Waals surface area (Å²) in [5.74, 6) is 2.76. The van der Waals surface area contributed by atoms with Gasteiger partial charge >= 0.3 is 5.91 Å². The third-order valence-electron chi connectivity index (χ3n) is 4.25. The lowest BCUT2D eigenvalue weighted by molar-refractivity contribution is -0.127. The van der Waals surface area contributed by atoms with Gasteiger partial charge in [0.2, 0.25) is 12.0 Å². The number of azo groups is 1. The van der Waals surface area contributed by atoms with Crippen LogP contribution in [0.4, 0.5) is 5.69 Å². The molecule has 1 N–H and O–H groups in total. The molecule has 0 saturated heterocycles. The van der Waals surface area contributed by atoms with Gasteiger partial charge in [0.15, 0.2) is 17.2 Å². The number of para-hydroxylation sites is 2. The van der Waals surface area contributed by atoms with E-state index in [2.05, 4.69) is 32.1 Å². The van der Waals surface area contributed by atoms with Gasteiger partial charge in [0, 0.05) is 9.86 Å². The first-order valence-corrected chi connectivity index (χ1v) is 9.16. The number of amides is 1. The van der Waals surface area contributed by atoms with Crippen LogP contribution in [0.15, 0.2) is 57.2 Å². The van der Waals surface area contributed by atoms with Crippen LogP contribution >= 0.6 is 15.9 Å². The maximum atomic E-state index is 12.4. The van der Waals surface area contributed by atoms with Gasteiger partial charge in [-0.25, -0.2) is 0 Å². The van der Waals surface area contributed by atoms with Crippen molar-refractivity contribution in [3.8, 4) is 29.7 Å². The number of hydrogen-bond acceptors (Lipinski definition) is 5. The molecular formula is C20H14BrN3O4. The lowest BCUT2D eigenvalue weighted by Crippen LogP contribution is -2.35. The Hall–Kier alpha value is -3.31. The van der Waals surface area contributed by atoms with Crippen LogP contribution in [-0.2, 0) is 11.3 Å². The second-order valence-corrected chi connectivity index (χ2v) is 6.94. The standard InChI is InChI=1S/C20H14BrN3O4/c1-2-9-24-14-8-7-12(21)10-13(14)18(20(24)26)22-23-19(25)17-11-27-15-5-3-4-6-16(15)28-17/h1,3-8,10,17,26H,9,11H2/t17-/m1/s1. The Labute approximate surface area is 168 Å². The molecule has 2 aromatic carbocycles. The molecule has 0 radical (unpaired) electrons. The van der Waals surface area contributed by atoms with Gasteiger partial charge in [0.05, 0.1) is 12.1 Å². The summed E-state index contributed by atoms with van der Waals surface area (Å²) in [6, 6.07) is 12.5. The summed E-state index contributed by atoms with van der Waals surface area (Å²) in [6.45, 7) is 0.190. The molecule has 1 aliphatic rings. The smallest absolute Gasteiger partial charge is 0.308 e. The molecule has 28 heavy (non-hydrogen) atoms. The Morgan fingerprint density at radius 2 is 2.11 bits per heavy atom. The minimum absolute atomic E-state index is 0.0330. The van der Waals surface area contributed by atoms with Gasteiger partial charge in [-0.3, -0.25) is 9.36 Å². The molecule has 1 atom stereocenters. The van der Waals surface area contributed by atoms with E-state index in [0.717, 1.165) is 4.47 Å². The van der Waals surface area contributed by atoms with Gasteiger partial charge in [-0.2, -0.15) is 0 Å². The molecule has 4 rings (SSSR count). The Balaban J connectivity index is 1.64. The van der Waals surface area contributed by atoms with Crippen molar-refractivity contribution >= 4 is 38.4 Å². The summed E-state index contributed by atoms with van der Waals surface area (Å²) >= 11 is 3.39. The second-order valence-electron chi connectivity index (χ2n) is 6.03. The number of benzene rings is 2. The maximum absolute atomic E-state index is 12.4. The predicted octanol–water partition coefficient (Wildman–Crippen LogP) is 4.19. The number of rotatable bonds is 3. The van der Waals surface area contributed by atoms with Crippen LogP contribution in [-0.4, -0.2) is 28.3 Å². The van der Waals surface area contributed by atoms with Gasteiger partial charge in [0.1, 0.15) is 6.61 Å². The molecule has 1 amide bonds. The van der Waals surface area contributed by atoms with Crippen molar-refractivity contribution in [1.82, 2.24) is 4.57 Å². The van der Waals surface area contributed by atoms with Crippen LogP contribution in [0, 0.1) is 12.3 Å². The van der Waals surface area contributed by atoms with Crippen LogP contribution < -0.4 is 9.47 Å². The summed E-state index contributed by atoms with van der Waals surface area (Å²) in [4.78, 5) is 12.4. The highest BCUT2D eigenvalue weighted by atomic mass is 79.9. The lowest BCUT2D eigenvalue weighted by atomic mass is 10.2. The Bertz CT molecular complexity index is 1150. The van der Waals surface area contributed by atoms with Gasteiger partial charge in [-0.1, -0.05) is 34.0 Å². The molecule has 0 saturated carbocycles. The fraction of sp³-hybridized carbons (Fsp3) is 0.150. The Kier molecular flexibility index (Phi) is 4.75. The molecule has 0 aliphatic carbocycles. The number of fused-ring (bicyclic) bond motifs is 2. The number of ether oxygens (including phenoxy) is 2. The van der Waals surface area contributed by atoms with E-state index in [4.69, 9.17) is 15.9 Å². The second kappa shape index (κ2) is 7.37. The molecule has 3 aromatic rings. The van der Waals surface area contributed by atoms with Crippen LogP contribution in [0.3, 0.4) is 0 Å². The number of carbonyl (C=O) groups excluding carboxylic acids is 1. The van der Waals surface area contributed by atoms with Crippen molar-refractivity contribution in [1.29, 1.82) is 0 Å². The van der Waals surface area contributed by atoms with Crippen molar-refractivity contribution in [2.24, 2.45) is 10.2 Å². The number of halogens is 1. The Morgan fingerprint density at radius 1 is 1.32 bits per heavy atom. The number of terminal acetylenes is 1. The van der Waals surface area contributed by atoms with Crippen molar-refractivity contribution < 1.29 is 19.4 Å². The zero-order chi connectivity index (χ0) is 19.7. The van der Waals surface area contributed by atoms with Crippen LogP contribution in [0.2, 0.25) is 0 Å². The lowest BCUT2D eigenvalue weighted by Gasteiger charge is -2.23. The topological polar surface area (TPSA) is 85.4 Å². The highest BCUT2D eigenvalue weighted by molar-refractivity contribution is 9.10. The van der Waals surface area contributed by atoms with Crippen molar-refractivity contribution in [3.05, 3.63) is 46.9 Å². The minimum atomic E-state index is -0.911. The average Bonchev–Trinajstić information content (AvgIpc) is 2.96. The van der Waals surface area contributed by atoms with Crippen LogP contribution in [0.5, 0.6) is 17.4 Å². The minimum Gasteiger partial charge on any atom is -0.493 e. The quantitative estimate of drug-likeness (QED) is 0.489. The summed E-state index contributed by atoms with van der Waals surface area (Å²) < 4.78 is 13.5. The van der Waals surface area contributed by atoms with E-state index in [1.165, 1.54) is 4.57 Å². The molecule has 2 heterocycles. The largest absolute Gasteiger partial charge is 0.493 e. The molecule has 0 unspecified atom stereocenters. The molecule has 140 valence electrons. The molecule has 0 bridgehead atoms. The van der Waals surface area contributed by atoms with E-state index in [-0.39, 0.29) is 24.7 Å². The van der Waals surface area contributed by atoms with E-state index < -0.39 is 12.0 Å². The molecule has 1 aromatic heterocycles. The number of carbonyl (C=O) groups is 1. The molecular weight excluding hydrogens is 426 g/mol. The number of nitrogens with zero attached hydrogens (tertiary/aromatic N) is 3. The monoisotopic (exact) mass is 439 g/mol. The third-order valence-corrected chi connectivity index (χ3v) is 4.75. The summed E-state index contributed by atoms with van der Waals surface area (Å²) in [5.41, 5.74) is 0.850. The van der Waals surface area contributed by atoms with E-state index in [1.54, 1.807) is 30.3 Å². The average molecular weight is 440 g/mol. The van der Waals surface area contributed by atoms with Crippen molar-refractivity contribution in [3.63, 3.8) is 0 Å². The van der Waals surface area contributed by atoms with E-state index in [1.807, 2.05) is 12.1 Å². The first-order valence-electron chi connectivity index (χ1n) is 8.36. The van der Waals surface area contributed by atoms with Gasteiger partial charge < -0.3 is 14.6 Å². The molecule has 0 spiro atoms. The SMILES string of the molecule is C#CCn1c(O)c(N=NC(=O)[C@H]2COc3ccccc3O2)c2cc(Br)ccc21. The van der Waals surface area contributed by atoms with E-state index in [9.17, 15) is 9.90 Å². The first-order chi connectivity index (χ1) is 13.6. The zero-order valence-electron chi connectivity index (χ0n) is 14.5. The molecule has 0 fully saturated rings. The normalized spacial score (nSPS) is 15.6. The third kappa shape index (κ3) is 3.21. The zero-order valence-corrected chi connectivity index (χ0v) is 16.1. The van der Waals surface area contributed by atoms with Crippen molar-refractivity contribution in [2.45, 2.75) is 12.6 Å². The highest BCUT2D eigenvalue weighted by Gasteiger charge is 2.27. The van der Waals surface area contributed by atoms with E-state index >= 15 is 0 Å². The number of hydrogen-bond donors (Lipinski definition) is 1. The molecule has 8 heteroatoms. The highest BCUT2D eigenvalue weighted by Crippen LogP contribution is 2.40. The fourth-order valence-corrected chi connectivity index (χ4v) is 3.31.